The summed E-state index contributed by atoms with van der Waals surface area (Å²) < 4.78 is 4.90. The quantitative estimate of drug-likeness (QED) is 0.687. The summed E-state index contributed by atoms with van der Waals surface area (Å²) in [5, 5.41) is 0. The van der Waals surface area contributed by atoms with Crippen LogP contribution in [0.1, 0.15) is 23.6 Å². The molecule has 0 bridgehead atoms. The van der Waals surface area contributed by atoms with Gasteiger partial charge in [-0.1, -0.05) is 18.2 Å². The predicted molar refractivity (Wildman–Crippen MR) is 56.3 cm³/mol. The van der Waals surface area contributed by atoms with Gasteiger partial charge in [0, 0.05) is 13.3 Å². The second-order valence-corrected chi connectivity index (χ2v) is 3.45. The van der Waals surface area contributed by atoms with Crippen LogP contribution in [0.4, 0.5) is 0 Å². The third-order valence-electron chi connectivity index (χ3n) is 2.39. The minimum atomic E-state index is -0.213. The normalized spacial score (nSPS) is 9.93. The van der Waals surface area contributed by atoms with E-state index in [1.807, 2.05) is 6.07 Å². The Morgan fingerprint density at radius 3 is 2.71 bits per heavy atom. The number of carbonyl (C=O) groups is 1. The van der Waals surface area contributed by atoms with Crippen LogP contribution in [0.15, 0.2) is 18.2 Å². The molecule has 0 saturated carbocycles. The van der Waals surface area contributed by atoms with Crippen LogP contribution in [-0.4, -0.2) is 12.6 Å². The summed E-state index contributed by atoms with van der Waals surface area (Å²) in [6.45, 7) is 6.09. The Bertz CT molecular complexity index is 329. The van der Waals surface area contributed by atoms with Crippen LogP contribution in [-0.2, 0) is 16.0 Å². The van der Waals surface area contributed by atoms with E-state index in [0.29, 0.717) is 6.61 Å². The second-order valence-electron chi connectivity index (χ2n) is 3.45. The van der Waals surface area contributed by atoms with Crippen molar-refractivity contribution in [3.63, 3.8) is 0 Å². The molecule has 2 heteroatoms. The van der Waals surface area contributed by atoms with Gasteiger partial charge in [0.1, 0.15) is 0 Å². The Labute approximate surface area is 84.9 Å². The van der Waals surface area contributed by atoms with Crippen molar-refractivity contribution >= 4 is 5.97 Å². The lowest BCUT2D eigenvalue weighted by Gasteiger charge is -2.08. The maximum atomic E-state index is 10.6. The van der Waals surface area contributed by atoms with Crippen LogP contribution in [0, 0.1) is 13.8 Å². The Hall–Kier alpha value is -1.31. The highest BCUT2D eigenvalue weighted by molar-refractivity contribution is 5.65. The zero-order chi connectivity index (χ0) is 10.6. The largest absolute Gasteiger partial charge is 0.466 e. The highest BCUT2D eigenvalue weighted by Crippen LogP contribution is 2.13. The molecule has 0 aromatic heterocycles. The zero-order valence-corrected chi connectivity index (χ0v) is 8.96. The average molecular weight is 192 g/mol. The van der Waals surface area contributed by atoms with E-state index in [-0.39, 0.29) is 5.97 Å². The predicted octanol–water partition coefficient (Wildman–Crippen LogP) is 2.41. The first kappa shape index (κ1) is 10.8. The van der Waals surface area contributed by atoms with Crippen LogP contribution < -0.4 is 0 Å². The molecule has 0 saturated heterocycles. The standard InChI is InChI=1S/C12H16O2/c1-9-5-4-6-12(10(9)2)7-8-14-11(3)13/h4-6H,7-8H2,1-3H3. The lowest BCUT2D eigenvalue weighted by molar-refractivity contribution is -0.140. The van der Waals surface area contributed by atoms with Crippen molar-refractivity contribution < 1.29 is 9.53 Å². The average Bonchev–Trinajstić information content (AvgIpc) is 2.12. The molecule has 0 unspecified atom stereocenters. The third kappa shape index (κ3) is 2.87. The highest BCUT2D eigenvalue weighted by Gasteiger charge is 2.01. The molecule has 0 aliphatic rings. The van der Waals surface area contributed by atoms with Crippen molar-refractivity contribution in [3.05, 3.63) is 34.9 Å². The van der Waals surface area contributed by atoms with E-state index >= 15 is 0 Å². The summed E-state index contributed by atoms with van der Waals surface area (Å²) in [6, 6.07) is 6.20. The number of aryl methyl sites for hydroxylation is 1. The van der Waals surface area contributed by atoms with Gasteiger partial charge in [-0.2, -0.15) is 0 Å². The van der Waals surface area contributed by atoms with E-state index < -0.39 is 0 Å². The summed E-state index contributed by atoms with van der Waals surface area (Å²) in [6.07, 6.45) is 0.799. The van der Waals surface area contributed by atoms with Crippen molar-refractivity contribution in [2.75, 3.05) is 6.61 Å². The summed E-state index contributed by atoms with van der Waals surface area (Å²) in [7, 11) is 0. The minimum absolute atomic E-state index is 0.213. The zero-order valence-electron chi connectivity index (χ0n) is 8.96. The monoisotopic (exact) mass is 192 g/mol. The van der Waals surface area contributed by atoms with Gasteiger partial charge in [0.25, 0.3) is 0 Å². The van der Waals surface area contributed by atoms with Gasteiger partial charge in [-0.15, -0.1) is 0 Å². The van der Waals surface area contributed by atoms with Crippen molar-refractivity contribution in [1.29, 1.82) is 0 Å². The molecule has 0 fully saturated rings. The molecule has 0 amide bonds. The molecule has 2 nitrogen and oxygen atoms in total. The first-order valence-corrected chi connectivity index (χ1v) is 4.79. The molecule has 0 aliphatic carbocycles. The van der Waals surface area contributed by atoms with Gasteiger partial charge >= 0.3 is 5.97 Å². The fraction of sp³-hybridized carbons (Fsp3) is 0.417. The second kappa shape index (κ2) is 4.80. The van der Waals surface area contributed by atoms with E-state index in [1.165, 1.54) is 23.6 Å². The van der Waals surface area contributed by atoms with E-state index in [4.69, 9.17) is 4.74 Å². The number of hydrogen-bond donors (Lipinski definition) is 0. The highest BCUT2D eigenvalue weighted by atomic mass is 16.5. The van der Waals surface area contributed by atoms with Gasteiger partial charge in [0.15, 0.2) is 0 Å². The fourth-order valence-corrected chi connectivity index (χ4v) is 1.39. The maximum Gasteiger partial charge on any atom is 0.302 e. The lowest BCUT2D eigenvalue weighted by atomic mass is 10.0. The van der Waals surface area contributed by atoms with E-state index in [2.05, 4.69) is 26.0 Å². The number of ether oxygens (including phenoxy) is 1. The summed E-state index contributed by atoms with van der Waals surface area (Å²) in [5.74, 6) is -0.213. The smallest absolute Gasteiger partial charge is 0.302 e. The number of esters is 1. The Morgan fingerprint density at radius 2 is 2.07 bits per heavy atom. The summed E-state index contributed by atoms with van der Waals surface area (Å²) in [4.78, 5) is 10.6. The third-order valence-corrected chi connectivity index (χ3v) is 2.39. The molecule has 0 heterocycles. The summed E-state index contributed by atoms with van der Waals surface area (Å²) >= 11 is 0. The number of benzene rings is 1. The molecule has 76 valence electrons. The van der Waals surface area contributed by atoms with Gasteiger partial charge in [-0.25, -0.2) is 0 Å². The molecule has 14 heavy (non-hydrogen) atoms. The first-order chi connectivity index (χ1) is 6.61. The van der Waals surface area contributed by atoms with Crippen LogP contribution in [0.5, 0.6) is 0 Å². The Kier molecular flexibility index (Phi) is 3.69. The number of carbonyl (C=O) groups excluding carboxylic acids is 1. The van der Waals surface area contributed by atoms with Crippen LogP contribution in [0.25, 0.3) is 0 Å². The molecular weight excluding hydrogens is 176 g/mol. The van der Waals surface area contributed by atoms with Crippen molar-refractivity contribution in [3.8, 4) is 0 Å². The minimum Gasteiger partial charge on any atom is -0.466 e. The molecule has 1 aromatic rings. The van der Waals surface area contributed by atoms with E-state index in [9.17, 15) is 4.79 Å². The molecule has 0 aliphatic heterocycles. The molecule has 0 atom stereocenters. The molecular formula is C12H16O2. The van der Waals surface area contributed by atoms with E-state index in [0.717, 1.165) is 6.42 Å². The van der Waals surface area contributed by atoms with Gasteiger partial charge in [-0.05, 0) is 30.5 Å². The topological polar surface area (TPSA) is 26.3 Å². The van der Waals surface area contributed by atoms with Crippen molar-refractivity contribution in [1.82, 2.24) is 0 Å². The van der Waals surface area contributed by atoms with Crippen molar-refractivity contribution in [2.24, 2.45) is 0 Å². The van der Waals surface area contributed by atoms with Gasteiger partial charge in [0.2, 0.25) is 0 Å². The van der Waals surface area contributed by atoms with Crippen molar-refractivity contribution in [2.45, 2.75) is 27.2 Å². The van der Waals surface area contributed by atoms with Gasteiger partial charge in [0.05, 0.1) is 6.61 Å². The summed E-state index contributed by atoms with van der Waals surface area (Å²) in [5.41, 5.74) is 3.83. The molecule has 1 aromatic carbocycles. The van der Waals surface area contributed by atoms with Crippen LogP contribution >= 0.6 is 0 Å². The lowest BCUT2D eigenvalue weighted by Crippen LogP contribution is -2.04. The van der Waals surface area contributed by atoms with Crippen LogP contribution in [0.2, 0.25) is 0 Å². The SMILES string of the molecule is CC(=O)OCCc1cccc(C)c1C. The van der Waals surface area contributed by atoms with E-state index in [1.54, 1.807) is 0 Å². The van der Waals surface area contributed by atoms with Gasteiger partial charge < -0.3 is 4.74 Å². The number of rotatable bonds is 3. The Balaban J connectivity index is 2.59. The molecule has 0 spiro atoms. The molecule has 1 rings (SSSR count). The van der Waals surface area contributed by atoms with Crippen LogP contribution in [0.3, 0.4) is 0 Å². The number of hydrogen-bond acceptors (Lipinski definition) is 2. The molecule has 0 radical (unpaired) electrons. The maximum absolute atomic E-state index is 10.6. The fourth-order valence-electron chi connectivity index (χ4n) is 1.39. The first-order valence-electron chi connectivity index (χ1n) is 4.79. The Morgan fingerprint density at radius 1 is 1.36 bits per heavy atom. The molecule has 0 N–H and O–H groups in total. The van der Waals surface area contributed by atoms with Gasteiger partial charge in [-0.3, -0.25) is 4.79 Å².